The fraction of sp³-hybridized carbons (Fsp3) is 0.938. The molecule has 2 fully saturated rings. The predicted octanol–water partition coefficient (Wildman–Crippen LogP) is 3.44. The van der Waals surface area contributed by atoms with Crippen molar-refractivity contribution in [2.45, 2.75) is 64.2 Å². The van der Waals surface area contributed by atoms with Crippen LogP contribution in [0.1, 0.15) is 64.2 Å². The first-order valence-electron chi connectivity index (χ1n) is 8.19. The van der Waals surface area contributed by atoms with Crippen LogP contribution in [-0.4, -0.2) is 24.2 Å². The highest BCUT2D eigenvalue weighted by Gasteiger charge is 2.25. The molecule has 2 saturated carbocycles. The van der Waals surface area contributed by atoms with E-state index in [1.807, 2.05) is 0 Å². The summed E-state index contributed by atoms with van der Waals surface area (Å²) < 4.78 is 0. The van der Waals surface area contributed by atoms with E-state index in [2.05, 4.69) is 5.32 Å². The zero-order chi connectivity index (χ0) is 13.5. The molecular formula is C16H29NO2. The Morgan fingerprint density at radius 2 is 1.63 bits per heavy atom. The summed E-state index contributed by atoms with van der Waals surface area (Å²) in [5.41, 5.74) is 0. The number of rotatable bonds is 6. The van der Waals surface area contributed by atoms with Crippen LogP contribution in [0, 0.1) is 17.8 Å². The average molecular weight is 267 g/mol. The highest BCUT2D eigenvalue weighted by atomic mass is 16.4. The smallest absolute Gasteiger partial charge is 0.306 e. The van der Waals surface area contributed by atoms with Gasteiger partial charge in [-0.2, -0.15) is 0 Å². The van der Waals surface area contributed by atoms with Crippen LogP contribution in [-0.2, 0) is 4.79 Å². The van der Waals surface area contributed by atoms with Crippen molar-refractivity contribution in [1.29, 1.82) is 0 Å². The number of hydrogen-bond donors (Lipinski definition) is 2. The van der Waals surface area contributed by atoms with Crippen molar-refractivity contribution in [3.05, 3.63) is 0 Å². The van der Waals surface area contributed by atoms with Gasteiger partial charge < -0.3 is 10.4 Å². The van der Waals surface area contributed by atoms with Crippen LogP contribution < -0.4 is 5.32 Å². The average Bonchev–Trinajstić information content (AvgIpc) is 2.45. The molecule has 0 spiro atoms. The van der Waals surface area contributed by atoms with E-state index in [4.69, 9.17) is 5.11 Å². The highest BCUT2D eigenvalue weighted by Crippen LogP contribution is 2.29. The van der Waals surface area contributed by atoms with Gasteiger partial charge in [-0.3, -0.25) is 4.79 Å². The van der Waals surface area contributed by atoms with Crippen LogP contribution in [0.3, 0.4) is 0 Å². The van der Waals surface area contributed by atoms with Crippen molar-refractivity contribution in [1.82, 2.24) is 5.32 Å². The highest BCUT2D eigenvalue weighted by molar-refractivity contribution is 5.69. The van der Waals surface area contributed by atoms with Gasteiger partial charge in [-0.25, -0.2) is 0 Å². The summed E-state index contributed by atoms with van der Waals surface area (Å²) in [4.78, 5) is 10.9. The van der Waals surface area contributed by atoms with Gasteiger partial charge in [-0.05, 0) is 57.0 Å². The maximum absolute atomic E-state index is 10.9. The van der Waals surface area contributed by atoms with E-state index in [1.165, 1.54) is 38.5 Å². The Balaban J connectivity index is 1.51. The topological polar surface area (TPSA) is 49.3 Å². The predicted molar refractivity (Wildman–Crippen MR) is 77.1 cm³/mol. The van der Waals surface area contributed by atoms with Gasteiger partial charge in [-0.1, -0.05) is 32.1 Å². The first-order chi connectivity index (χ1) is 9.25. The number of carboxylic acid groups (broad SMARTS) is 1. The summed E-state index contributed by atoms with van der Waals surface area (Å²) in [7, 11) is 0. The summed E-state index contributed by atoms with van der Waals surface area (Å²) in [5, 5.41) is 12.6. The molecule has 0 unspecified atom stereocenters. The van der Waals surface area contributed by atoms with Crippen molar-refractivity contribution in [2.24, 2.45) is 17.8 Å². The number of nitrogens with one attached hydrogen (secondary N) is 1. The molecule has 19 heavy (non-hydrogen) atoms. The normalized spacial score (nSPS) is 29.3. The third-order valence-corrected chi connectivity index (χ3v) is 5.08. The minimum Gasteiger partial charge on any atom is -0.481 e. The van der Waals surface area contributed by atoms with Gasteiger partial charge in [0.1, 0.15) is 0 Å². The minimum atomic E-state index is -0.594. The molecule has 0 atom stereocenters. The van der Waals surface area contributed by atoms with E-state index in [0.29, 0.717) is 5.92 Å². The molecule has 0 radical (unpaired) electrons. The Hall–Kier alpha value is -0.570. The third-order valence-electron chi connectivity index (χ3n) is 5.08. The molecule has 0 heterocycles. The summed E-state index contributed by atoms with van der Waals surface area (Å²) in [6.07, 6.45) is 12.5. The summed E-state index contributed by atoms with van der Waals surface area (Å²) in [5.74, 6) is 1.01. The zero-order valence-electron chi connectivity index (χ0n) is 12.1. The molecular weight excluding hydrogens is 238 g/mol. The molecule has 0 amide bonds. The molecule has 110 valence electrons. The van der Waals surface area contributed by atoms with Crippen LogP contribution in [0.5, 0.6) is 0 Å². The van der Waals surface area contributed by atoms with E-state index < -0.39 is 5.97 Å². The van der Waals surface area contributed by atoms with Crippen LogP contribution in [0.2, 0.25) is 0 Å². The van der Waals surface area contributed by atoms with E-state index in [1.54, 1.807) is 0 Å². The fourth-order valence-electron chi connectivity index (χ4n) is 3.70. The number of carboxylic acids is 1. The maximum atomic E-state index is 10.9. The van der Waals surface area contributed by atoms with E-state index in [0.717, 1.165) is 44.7 Å². The van der Waals surface area contributed by atoms with Gasteiger partial charge in [0, 0.05) is 0 Å². The van der Waals surface area contributed by atoms with Crippen LogP contribution in [0.4, 0.5) is 0 Å². The molecule has 2 aliphatic rings. The molecule has 0 aromatic rings. The Morgan fingerprint density at radius 1 is 0.947 bits per heavy atom. The maximum Gasteiger partial charge on any atom is 0.306 e. The van der Waals surface area contributed by atoms with Crippen LogP contribution in [0.25, 0.3) is 0 Å². The molecule has 0 aromatic carbocycles. The van der Waals surface area contributed by atoms with Crippen molar-refractivity contribution in [3.63, 3.8) is 0 Å². The number of hydrogen-bond acceptors (Lipinski definition) is 2. The first kappa shape index (κ1) is 14.8. The van der Waals surface area contributed by atoms with Crippen molar-refractivity contribution < 1.29 is 9.90 Å². The molecule has 2 N–H and O–H groups in total. The Kier molecular flexibility index (Phi) is 6.15. The second kappa shape index (κ2) is 7.88. The first-order valence-corrected chi connectivity index (χ1v) is 8.19. The van der Waals surface area contributed by atoms with Gasteiger partial charge >= 0.3 is 5.97 Å². The van der Waals surface area contributed by atoms with Gasteiger partial charge in [-0.15, -0.1) is 0 Å². The van der Waals surface area contributed by atoms with Gasteiger partial charge in [0.15, 0.2) is 0 Å². The Morgan fingerprint density at radius 3 is 2.26 bits per heavy atom. The molecule has 3 heteroatoms. The van der Waals surface area contributed by atoms with Crippen LogP contribution >= 0.6 is 0 Å². The molecule has 2 rings (SSSR count). The van der Waals surface area contributed by atoms with E-state index >= 15 is 0 Å². The lowest BCUT2D eigenvalue weighted by atomic mass is 9.82. The third kappa shape index (κ3) is 5.13. The summed E-state index contributed by atoms with van der Waals surface area (Å²) >= 11 is 0. The quantitative estimate of drug-likeness (QED) is 0.725. The van der Waals surface area contributed by atoms with Gasteiger partial charge in [0.05, 0.1) is 5.92 Å². The van der Waals surface area contributed by atoms with E-state index in [-0.39, 0.29) is 5.92 Å². The largest absolute Gasteiger partial charge is 0.481 e. The molecule has 0 aliphatic heterocycles. The lowest BCUT2D eigenvalue weighted by Crippen LogP contribution is -2.30. The number of carbonyl (C=O) groups is 1. The molecule has 2 aliphatic carbocycles. The molecule has 0 saturated heterocycles. The van der Waals surface area contributed by atoms with Crippen molar-refractivity contribution in [3.8, 4) is 0 Å². The van der Waals surface area contributed by atoms with Crippen molar-refractivity contribution >= 4 is 5.97 Å². The SMILES string of the molecule is O=C(O)C1CCC(CNCCC2CCCCC2)CC1. The van der Waals surface area contributed by atoms with Gasteiger partial charge in [0.2, 0.25) is 0 Å². The Labute approximate surface area is 117 Å². The van der Waals surface area contributed by atoms with Gasteiger partial charge in [0.25, 0.3) is 0 Å². The minimum absolute atomic E-state index is 0.0708. The fourth-order valence-corrected chi connectivity index (χ4v) is 3.70. The second-order valence-corrected chi connectivity index (χ2v) is 6.55. The van der Waals surface area contributed by atoms with Crippen molar-refractivity contribution in [2.75, 3.05) is 13.1 Å². The zero-order valence-corrected chi connectivity index (χ0v) is 12.1. The van der Waals surface area contributed by atoms with Crippen LogP contribution in [0.15, 0.2) is 0 Å². The lowest BCUT2D eigenvalue weighted by molar-refractivity contribution is -0.143. The molecule has 0 aromatic heterocycles. The summed E-state index contributed by atoms with van der Waals surface area (Å²) in [6, 6.07) is 0. The molecule has 3 nitrogen and oxygen atoms in total. The standard InChI is InChI=1S/C16H29NO2/c18-16(19)15-8-6-14(7-9-15)12-17-11-10-13-4-2-1-3-5-13/h13-15,17H,1-12H2,(H,18,19). The lowest BCUT2D eigenvalue weighted by Gasteiger charge is -2.27. The van der Waals surface area contributed by atoms with E-state index in [9.17, 15) is 4.79 Å². The molecule has 0 bridgehead atoms. The summed E-state index contributed by atoms with van der Waals surface area (Å²) in [6.45, 7) is 2.25. The second-order valence-electron chi connectivity index (χ2n) is 6.55. The monoisotopic (exact) mass is 267 g/mol. The number of aliphatic carboxylic acids is 1. The Bertz CT molecular complexity index is 266.